The fourth-order valence-corrected chi connectivity index (χ4v) is 2.83. The smallest absolute Gasteiger partial charge is 0.0626 e. The van der Waals surface area contributed by atoms with Crippen molar-refractivity contribution in [1.29, 1.82) is 0 Å². The summed E-state index contributed by atoms with van der Waals surface area (Å²) in [6.45, 7) is 4.32. The van der Waals surface area contributed by atoms with E-state index in [1.165, 1.54) is 24.8 Å². The normalized spacial score (nSPS) is 26.9. The number of hydrogen-bond donors (Lipinski definition) is 1. The second-order valence-electron chi connectivity index (χ2n) is 5.11. The first-order chi connectivity index (χ1) is 7.68. The van der Waals surface area contributed by atoms with Crippen LogP contribution in [0.5, 0.6) is 0 Å². The lowest BCUT2D eigenvalue weighted by molar-refractivity contribution is 0.0891. The molecule has 0 bridgehead atoms. The number of aliphatic hydroxyl groups is 1. The molecule has 1 heterocycles. The summed E-state index contributed by atoms with van der Waals surface area (Å²) in [5.41, 5.74) is 2.24. The first-order valence-electron chi connectivity index (χ1n) is 6.27. The average molecular weight is 219 g/mol. The number of aromatic nitrogens is 1. The van der Waals surface area contributed by atoms with Crippen LogP contribution in [0.15, 0.2) is 18.3 Å². The summed E-state index contributed by atoms with van der Waals surface area (Å²) in [4.78, 5) is 4.35. The largest absolute Gasteiger partial charge is 0.392 e. The molecular weight excluding hydrogens is 198 g/mol. The van der Waals surface area contributed by atoms with Gasteiger partial charge in [0.1, 0.15) is 0 Å². The van der Waals surface area contributed by atoms with Crippen molar-refractivity contribution in [1.82, 2.24) is 4.98 Å². The van der Waals surface area contributed by atoms with Gasteiger partial charge in [-0.05, 0) is 36.8 Å². The first kappa shape index (κ1) is 11.6. The quantitative estimate of drug-likeness (QED) is 0.848. The third kappa shape index (κ3) is 2.43. The molecule has 0 aliphatic heterocycles. The van der Waals surface area contributed by atoms with E-state index in [9.17, 15) is 5.11 Å². The van der Waals surface area contributed by atoms with Crippen molar-refractivity contribution in [3.63, 3.8) is 0 Å². The van der Waals surface area contributed by atoms with Crippen molar-refractivity contribution in [2.75, 3.05) is 0 Å². The fraction of sp³-hybridized carbons (Fsp3) is 0.643. The fourth-order valence-electron chi connectivity index (χ4n) is 2.83. The number of aryl methyl sites for hydroxylation is 1. The Morgan fingerprint density at radius 2 is 2.31 bits per heavy atom. The van der Waals surface area contributed by atoms with Gasteiger partial charge in [0.2, 0.25) is 0 Å². The van der Waals surface area contributed by atoms with Gasteiger partial charge in [-0.15, -0.1) is 0 Å². The van der Waals surface area contributed by atoms with Crippen LogP contribution >= 0.6 is 0 Å². The van der Waals surface area contributed by atoms with E-state index in [1.807, 2.05) is 12.3 Å². The number of pyridine rings is 1. The van der Waals surface area contributed by atoms with Crippen LogP contribution < -0.4 is 0 Å². The Bertz CT molecular complexity index is 350. The Kier molecular flexibility index (Phi) is 3.59. The van der Waals surface area contributed by atoms with Gasteiger partial charge in [-0.1, -0.05) is 25.8 Å². The minimum Gasteiger partial charge on any atom is -0.392 e. The Morgan fingerprint density at radius 1 is 1.50 bits per heavy atom. The minimum absolute atomic E-state index is 0.217. The van der Waals surface area contributed by atoms with Gasteiger partial charge in [0.05, 0.1) is 6.10 Å². The van der Waals surface area contributed by atoms with E-state index in [-0.39, 0.29) is 6.10 Å². The first-order valence-corrected chi connectivity index (χ1v) is 6.27. The topological polar surface area (TPSA) is 33.1 Å². The number of hydrogen-bond acceptors (Lipinski definition) is 2. The van der Waals surface area contributed by atoms with E-state index in [4.69, 9.17) is 0 Å². The number of rotatable bonds is 3. The molecule has 0 spiro atoms. The molecule has 1 aromatic rings. The highest BCUT2D eigenvalue weighted by atomic mass is 16.3. The summed E-state index contributed by atoms with van der Waals surface area (Å²) >= 11 is 0. The van der Waals surface area contributed by atoms with Crippen molar-refractivity contribution in [2.45, 2.75) is 45.6 Å². The van der Waals surface area contributed by atoms with Crippen LogP contribution in [0.1, 0.15) is 37.4 Å². The van der Waals surface area contributed by atoms with E-state index >= 15 is 0 Å². The number of aliphatic hydroxyl groups excluding tert-OH is 1. The van der Waals surface area contributed by atoms with Gasteiger partial charge in [-0.3, -0.25) is 4.98 Å². The Balaban J connectivity index is 2.02. The van der Waals surface area contributed by atoms with Gasteiger partial charge >= 0.3 is 0 Å². The summed E-state index contributed by atoms with van der Waals surface area (Å²) in [5.74, 6) is 1.14. The molecule has 1 saturated carbocycles. The molecular formula is C14H21NO. The standard InChI is InChI=1S/C14H21NO/c1-10-5-3-7-12(10)14(16)9-13-11(2)6-4-8-15-13/h4,6,8,10,12,14,16H,3,5,7,9H2,1-2H3. The highest BCUT2D eigenvalue weighted by Crippen LogP contribution is 2.34. The SMILES string of the molecule is Cc1cccnc1CC(O)C1CCCC1C. The van der Waals surface area contributed by atoms with Crippen LogP contribution in [0.25, 0.3) is 0 Å². The molecule has 0 saturated heterocycles. The molecule has 2 nitrogen and oxygen atoms in total. The van der Waals surface area contributed by atoms with E-state index in [0.717, 1.165) is 5.69 Å². The van der Waals surface area contributed by atoms with Crippen LogP contribution in [-0.4, -0.2) is 16.2 Å². The lowest BCUT2D eigenvalue weighted by Gasteiger charge is -2.22. The highest BCUT2D eigenvalue weighted by Gasteiger charge is 2.30. The van der Waals surface area contributed by atoms with Gasteiger partial charge in [-0.2, -0.15) is 0 Å². The van der Waals surface area contributed by atoms with Crippen LogP contribution in [0.2, 0.25) is 0 Å². The number of nitrogens with zero attached hydrogens (tertiary/aromatic N) is 1. The monoisotopic (exact) mass is 219 g/mol. The zero-order chi connectivity index (χ0) is 11.5. The average Bonchev–Trinajstić information content (AvgIpc) is 2.68. The van der Waals surface area contributed by atoms with Gasteiger partial charge in [-0.25, -0.2) is 0 Å². The lowest BCUT2D eigenvalue weighted by Crippen LogP contribution is -2.25. The molecule has 1 fully saturated rings. The maximum Gasteiger partial charge on any atom is 0.0626 e. The molecule has 2 rings (SSSR count). The Labute approximate surface area is 97.7 Å². The molecule has 1 aliphatic carbocycles. The van der Waals surface area contributed by atoms with Crippen LogP contribution in [0, 0.1) is 18.8 Å². The molecule has 0 amide bonds. The summed E-state index contributed by atoms with van der Waals surface area (Å²) in [6, 6.07) is 4.01. The Morgan fingerprint density at radius 3 is 2.94 bits per heavy atom. The van der Waals surface area contributed by atoms with Crippen molar-refractivity contribution in [3.05, 3.63) is 29.6 Å². The van der Waals surface area contributed by atoms with Gasteiger partial charge in [0.15, 0.2) is 0 Å². The predicted octanol–water partition coefficient (Wildman–Crippen LogP) is 2.73. The van der Waals surface area contributed by atoms with Gasteiger partial charge in [0.25, 0.3) is 0 Å². The zero-order valence-corrected chi connectivity index (χ0v) is 10.2. The molecule has 1 aliphatic rings. The van der Waals surface area contributed by atoms with E-state index in [1.54, 1.807) is 0 Å². The van der Waals surface area contributed by atoms with Crippen molar-refractivity contribution < 1.29 is 5.11 Å². The summed E-state index contributed by atoms with van der Waals surface area (Å²) in [7, 11) is 0. The molecule has 16 heavy (non-hydrogen) atoms. The maximum absolute atomic E-state index is 10.3. The summed E-state index contributed by atoms with van der Waals surface area (Å²) < 4.78 is 0. The zero-order valence-electron chi connectivity index (χ0n) is 10.2. The van der Waals surface area contributed by atoms with Crippen molar-refractivity contribution >= 4 is 0 Å². The third-order valence-corrected chi connectivity index (χ3v) is 3.94. The molecule has 1 N–H and O–H groups in total. The second-order valence-corrected chi connectivity index (χ2v) is 5.11. The molecule has 0 radical (unpaired) electrons. The van der Waals surface area contributed by atoms with E-state index in [2.05, 4.69) is 24.9 Å². The highest BCUT2D eigenvalue weighted by molar-refractivity contribution is 5.18. The molecule has 88 valence electrons. The second kappa shape index (κ2) is 4.96. The maximum atomic E-state index is 10.3. The lowest BCUT2D eigenvalue weighted by atomic mass is 9.89. The van der Waals surface area contributed by atoms with Gasteiger partial charge < -0.3 is 5.11 Å². The Hall–Kier alpha value is -0.890. The van der Waals surface area contributed by atoms with Gasteiger partial charge in [0, 0.05) is 18.3 Å². The van der Waals surface area contributed by atoms with Crippen LogP contribution in [0.4, 0.5) is 0 Å². The molecule has 1 aromatic heterocycles. The van der Waals surface area contributed by atoms with Crippen LogP contribution in [0.3, 0.4) is 0 Å². The predicted molar refractivity (Wildman–Crippen MR) is 65.2 cm³/mol. The van der Waals surface area contributed by atoms with Crippen molar-refractivity contribution in [3.8, 4) is 0 Å². The van der Waals surface area contributed by atoms with E-state index < -0.39 is 0 Å². The van der Waals surface area contributed by atoms with E-state index in [0.29, 0.717) is 18.3 Å². The molecule has 3 unspecified atom stereocenters. The molecule has 0 aromatic carbocycles. The van der Waals surface area contributed by atoms with Crippen LogP contribution in [-0.2, 0) is 6.42 Å². The van der Waals surface area contributed by atoms with Crippen molar-refractivity contribution in [2.24, 2.45) is 11.8 Å². The molecule has 2 heteroatoms. The summed E-state index contributed by atoms with van der Waals surface area (Å²) in [5, 5.41) is 10.3. The molecule has 3 atom stereocenters. The summed E-state index contributed by atoms with van der Waals surface area (Å²) in [6.07, 6.45) is 6.02. The third-order valence-electron chi connectivity index (χ3n) is 3.94. The minimum atomic E-state index is -0.217.